The van der Waals surface area contributed by atoms with Crippen molar-refractivity contribution in [2.75, 3.05) is 6.61 Å². The summed E-state index contributed by atoms with van der Waals surface area (Å²) in [5.41, 5.74) is 4.82. The van der Waals surface area contributed by atoms with Crippen molar-refractivity contribution < 1.29 is 4.74 Å². The fourth-order valence-corrected chi connectivity index (χ4v) is 2.66. The number of aryl methyl sites for hydroxylation is 1. The molecule has 0 unspecified atom stereocenters. The SMILES string of the molecule is CCc1ccccc1-c1cccc(C2=NC(C)(C)CO2)c1. The van der Waals surface area contributed by atoms with Gasteiger partial charge in [0, 0.05) is 5.56 Å². The molecule has 0 fully saturated rings. The van der Waals surface area contributed by atoms with Gasteiger partial charge in [-0.05, 0) is 49.1 Å². The van der Waals surface area contributed by atoms with Gasteiger partial charge in [-0.3, -0.25) is 0 Å². The standard InChI is InChI=1S/C19H21NO/c1-4-14-8-5-6-11-17(14)15-9-7-10-16(12-15)18-20-19(2,3)13-21-18/h5-12H,4,13H2,1-3H3. The van der Waals surface area contributed by atoms with Crippen molar-refractivity contribution in [1.29, 1.82) is 0 Å². The van der Waals surface area contributed by atoms with E-state index in [4.69, 9.17) is 4.74 Å². The molecule has 2 heteroatoms. The number of hydrogen-bond acceptors (Lipinski definition) is 2. The van der Waals surface area contributed by atoms with Crippen LogP contribution in [0.4, 0.5) is 0 Å². The maximum atomic E-state index is 5.75. The highest BCUT2D eigenvalue weighted by Crippen LogP contribution is 2.27. The van der Waals surface area contributed by atoms with Crippen molar-refractivity contribution in [3.63, 3.8) is 0 Å². The second-order valence-corrected chi connectivity index (χ2v) is 6.11. The third kappa shape index (κ3) is 2.85. The fraction of sp³-hybridized carbons (Fsp3) is 0.316. The summed E-state index contributed by atoms with van der Waals surface area (Å²) in [6, 6.07) is 17.0. The van der Waals surface area contributed by atoms with E-state index in [1.54, 1.807) is 0 Å². The van der Waals surface area contributed by atoms with Gasteiger partial charge in [-0.25, -0.2) is 4.99 Å². The van der Waals surface area contributed by atoms with Gasteiger partial charge in [0.25, 0.3) is 0 Å². The van der Waals surface area contributed by atoms with Gasteiger partial charge in [0.05, 0.1) is 5.54 Å². The molecule has 0 N–H and O–H groups in total. The molecule has 1 aliphatic rings. The molecule has 1 aliphatic heterocycles. The fourth-order valence-electron chi connectivity index (χ4n) is 2.66. The van der Waals surface area contributed by atoms with Gasteiger partial charge >= 0.3 is 0 Å². The Labute approximate surface area is 126 Å². The van der Waals surface area contributed by atoms with Crippen LogP contribution in [0.5, 0.6) is 0 Å². The van der Waals surface area contributed by atoms with E-state index < -0.39 is 0 Å². The average molecular weight is 279 g/mol. The third-order valence-electron chi connectivity index (χ3n) is 3.79. The summed E-state index contributed by atoms with van der Waals surface area (Å²) in [4.78, 5) is 4.66. The monoisotopic (exact) mass is 279 g/mol. The number of nitrogens with zero attached hydrogens (tertiary/aromatic N) is 1. The van der Waals surface area contributed by atoms with E-state index in [1.807, 2.05) is 0 Å². The molecule has 21 heavy (non-hydrogen) atoms. The van der Waals surface area contributed by atoms with Crippen LogP contribution >= 0.6 is 0 Å². The van der Waals surface area contributed by atoms with Crippen LogP contribution in [0.3, 0.4) is 0 Å². The van der Waals surface area contributed by atoms with Crippen molar-refractivity contribution in [3.05, 3.63) is 59.7 Å². The number of ether oxygens (including phenoxy) is 1. The number of aliphatic imine (C=N–C) groups is 1. The lowest BCUT2D eigenvalue weighted by Crippen LogP contribution is -2.17. The summed E-state index contributed by atoms with van der Waals surface area (Å²) in [7, 11) is 0. The first-order valence-corrected chi connectivity index (χ1v) is 7.50. The Kier molecular flexibility index (Phi) is 3.54. The molecule has 0 aromatic heterocycles. The molecule has 0 saturated heterocycles. The zero-order valence-electron chi connectivity index (χ0n) is 12.9. The second-order valence-electron chi connectivity index (χ2n) is 6.11. The van der Waals surface area contributed by atoms with Crippen molar-refractivity contribution in [1.82, 2.24) is 0 Å². The molecular weight excluding hydrogens is 258 g/mol. The largest absolute Gasteiger partial charge is 0.475 e. The van der Waals surface area contributed by atoms with Crippen LogP contribution in [-0.2, 0) is 11.2 Å². The second kappa shape index (κ2) is 5.36. The zero-order chi connectivity index (χ0) is 14.9. The zero-order valence-corrected chi connectivity index (χ0v) is 12.9. The lowest BCUT2D eigenvalue weighted by molar-refractivity contribution is 0.279. The predicted octanol–water partition coefficient (Wildman–Crippen LogP) is 4.47. The highest BCUT2D eigenvalue weighted by atomic mass is 16.5. The first kappa shape index (κ1) is 13.9. The molecule has 2 aromatic carbocycles. The summed E-state index contributed by atoms with van der Waals surface area (Å²) in [6.07, 6.45) is 1.03. The minimum absolute atomic E-state index is 0.118. The van der Waals surface area contributed by atoms with Crippen LogP contribution in [0, 0.1) is 0 Å². The molecule has 0 aliphatic carbocycles. The molecule has 0 spiro atoms. The van der Waals surface area contributed by atoms with Crippen molar-refractivity contribution >= 4 is 5.90 Å². The normalized spacial score (nSPS) is 16.4. The smallest absolute Gasteiger partial charge is 0.216 e. The number of hydrogen-bond donors (Lipinski definition) is 0. The maximum absolute atomic E-state index is 5.75. The molecule has 0 radical (unpaired) electrons. The summed E-state index contributed by atoms with van der Waals surface area (Å²) >= 11 is 0. The van der Waals surface area contributed by atoms with Gasteiger partial charge in [0.2, 0.25) is 5.90 Å². The number of benzene rings is 2. The Morgan fingerprint density at radius 1 is 1.05 bits per heavy atom. The van der Waals surface area contributed by atoms with Crippen LogP contribution < -0.4 is 0 Å². The van der Waals surface area contributed by atoms with Crippen molar-refractivity contribution in [2.45, 2.75) is 32.7 Å². The van der Waals surface area contributed by atoms with Crippen LogP contribution in [-0.4, -0.2) is 18.0 Å². The Morgan fingerprint density at radius 3 is 2.52 bits per heavy atom. The van der Waals surface area contributed by atoms with Gasteiger partial charge in [-0.15, -0.1) is 0 Å². The number of rotatable bonds is 3. The Bertz CT molecular complexity index is 685. The quantitative estimate of drug-likeness (QED) is 0.812. The van der Waals surface area contributed by atoms with Crippen molar-refractivity contribution in [3.8, 4) is 11.1 Å². The van der Waals surface area contributed by atoms with E-state index in [1.165, 1.54) is 16.7 Å². The first-order valence-electron chi connectivity index (χ1n) is 7.50. The summed E-state index contributed by atoms with van der Waals surface area (Å²) in [5.74, 6) is 0.760. The molecule has 0 bridgehead atoms. The van der Waals surface area contributed by atoms with Crippen LogP contribution in [0.15, 0.2) is 53.5 Å². The van der Waals surface area contributed by atoms with Crippen molar-refractivity contribution in [2.24, 2.45) is 4.99 Å². The van der Waals surface area contributed by atoms with E-state index >= 15 is 0 Å². The van der Waals surface area contributed by atoms with Crippen LogP contribution in [0.2, 0.25) is 0 Å². The van der Waals surface area contributed by atoms with Gasteiger partial charge < -0.3 is 4.74 Å². The Morgan fingerprint density at radius 2 is 1.81 bits per heavy atom. The molecular formula is C19H21NO. The van der Waals surface area contributed by atoms with Gasteiger partial charge in [-0.1, -0.05) is 43.3 Å². The summed E-state index contributed by atoms with van der Waals surface area (Å²) < 4.78 is 5.75. The van der Waals surface area contributed by atoms with E-state index in [0.29, 0.717) is 6.61 Å². The minimum Gasteiger partial charge on any atom is -0.475 e. The lowest BCUT2D eigenvalue weighted by atomic mass is 9.97. The molecule has 3 rings (SSSR count). The highest BCUT2D eigenvalue weighted by molar-refractivity contribution is 5.96. The molecule has 2 nitrogen and oxygen atoms in total. The van der Waals surface area contributed by atoms with E-state index in [-0.39, 0.29) is 5.54 Å². The van der Waals surface area contributed by atoms with Crippen LogP contribution in [0.25, 0.3) is 11.1 Å². The predicted molar refractivity (Wildman–Crippen MR) is 87.8 cm³/mol. The van der Waals surface area contributed by atoms with E-state index in [2.05, 4.69) is 74.3 Å². The Balaban J connectivity index is 2.01. The summed E-state index contributed by atoms with van der Waals surface area (Å²) in [6.45, 7) is 7.03. The molecule has 108 valence electrons. The average Bonchev–Trinajstić information content (AvgIpc) is 2.87. The van der Waals surface area contributed by atoms with Gasteiger partial charge in [-0.2, -0.15) is 0 Å². The molecule has 0 amide bonds. The topological polar surface area (TPSA) is 21.6 Å². The molecule has 2 aromatic rings. The minimum atomic E-state index is -0.118. The summed E-state index contributed by atoms with van der Waals surface area (Å²) in [5, 5.41) is 0. The maximum Gasteiger partial charge on any atom is 0.216 e. The lowest BCUT2D eigenvalue weighted by Gasteiger charge is -2.09. The van der Waals surface area contributed by atoms with Crippen LogP contribution in [0.1, 0.15) is 31.9 Å². The third-order valence-corrected chi connectivity index (χ3v) is 3.79. The highest BCUT2D eigenvalue weighted by Gasteiger charge is 2.27. The van der Waals surface area contributed by atoms with E-state index in [9.17, 15) is 0 Å². The first-order chi connectivity index (χ1) is 10.1. The molecule has 0 atom stereocenters. The molecule has 0 saturated carbocycles. The Hall–Kier alpha value is -2.09. The molecule has 1 heterocycles. The van der Waals surface area contributed by atoms with Gasteiger partial charge in [0.1, 0.15) is 6.61 Å². The van der Waals surface area contributed by atoms with Gasteiger partial charge in [0.15, 0.2) is 0 Å². The van der Waals surface area contributed by atoms with E-state index in [0.717, 1.165) is 17.9 Å².